The van der Waals surface area contributed by atoms with E-state index in [1.54, 1.807) is 13.2 Å². The first kappa shape index (κ1) is 13.5. The van der Waals surface area contributed by atoms with Crippen LogP contribution in [-0.4, -0.2) is 24.7 Å². The lowest BCUT2D eigenvalue weighted by Crippen LogP contribution is -2.25. The molecule has 94 valence electrons. The number of ether oxygens (including phenoxy) is 1. The van der Waals surface area contributed by atoms with Crippen LogP contribution in [0, 0.1) is 12.8 Å². The summed E-state index contributed by atoms with van der Waals surface area (Å²) < 4.78 is 5.14. The van der Waals surface area contributed by atoms with Gasteiger partial charge < -0.3 is 15.2 Å². The molecule has 0 fully saturated rings. The van der Waals surface area contributed by atoms with Crippen LogP contribution >= 0.6 is 0 Å². The first-order valence-corrected chi connectivity index (χ1v) is 5.68. The van der Waals surface area contributed by atoms with E-state index in [0.29, 0.717) is 6.42 Å². The SMILES string of the molecule is CCC(CO)C(=O)Nc1ccc(OC)c(C)c1. The topological polar surface area (TPSA) is 58.6 Å². The van der Waals surface area contributed by atoms with Crippen LogP contribution in [0.2, 0.25) is 0 Å². The van der Waals surface area contributed by atoms with Crippen LogP contribution in [0.15, 0.2) is 18.2 Å². The van der Waals surface area contributed by atoms with E-state index in [0.717, 1.165) is 17.0 Å². The van der Waals surface area contributed by atoms with Gasteiger partial charge in [0.2, 0.25) is 5.91 Å². The van der Waals surface area contributed by atoms with Crippen LogP contribution in [-0.2, 0) is 4.79 Å². The van der Waals surface area contributed by atoms with Gasteiger partial charge in [-0.2, -0.15) is 0 Å². The van der Waals surface area contributed by atoms with E-state index in [1.807, 2.05) is 26.0 Å². The predicted molar refractivity (Wildman–Crippen MR) is 67.2 cm³/mol. The summed E-state index contributed by atoms with van der Waals surface area (Å²) in [6.07, 6.45) is 0.622. The maximum atomic E-state index is 11.7. The van der Waals surface area contributed by atoms with Crippen molar-refractivity contribution in [1.82, 2.24) is 0 Å². The second-order valence-corrected chi connectivity index (χ2v) is 3.96. The summed E-state index contributed by atoms with van der Waals surface area (Å²) in [5.41, 5.74) is 1.68. The molecule has 0 aliphatic rings. The summed E-state index contributed by atoms with van der Waals surface area (Å²) in [6.45, 7) is 3.66. The van der Waals surface area contributed by atoms with Gasteiger partial charge >= 0.3 is 0 Å². The Hall–Kier alpha value is -1.55. The van der Waals surface area contributed by atoms with Crippen molar-refractivity contribution in [2.75, 3.05) is 19.0 Å². The van der Waals surface area contributed by atoms with E-state index < -0.39 is 0 Å². The molecule has 0 saturated heterocycles. The zero-order valence-electron chi connectivity index (χ0n) is 10.5. The molecule has 4 heteroatoms. The fraction of sp³-hybridized carbons (Fsp3) is 0.462. The highest BCUT2D eigenvalue weighted by Crippen LogP contribution is 2.21. The van der Waals surface area contributed by atoms with Crippen molar-refractivity contribution in [1.29, 1.82) is 0 Å². The van der Waals surface area contributed by atoms with Crippen LogP contribution in [0.3, 0.4) is 0 Å². The molecule has 0 radical (unpaired) electrons. The van der Waals surface area contributed by atoms with E-state index in [2.05, 4.69) is 5.32 Å². The zero-order valence-corrected chi connectivity index (χ0v) is 10.5. The average Bonchev–Trinajstić information content (AvgIpc) is 2.31. The smallest absolute Gasteiger partial charge is 0.229 e. The second-order valence-electron chi connectivity index (χ2n) is 3.96. The lowest BCUT2D eigenvalue weighted by atomic mass is 10.1. The quantitative estimate of drug-likeness (QED) is 0.823. The number of rotatable bonds is 5. The van der Waals surface area contributed by atoms with Gasteiger partial charge in [0.15, 0.2) is 0 Å². The van der Waals surface area contributed by atoms with Gasteiger partial charge in [-0.1, -0.05) is 6.92 Å². The summed E-state index contributed by atoms with van der Waals surface area (Å²) >= 11 is 0. The van der Waals surface area contributed by atoms with Gasteiger partial charge in [0.25, 0.3) is 0 Å². The summed E-state index contributed by atoms with van der Waals surface area (Å²) in [5.74, 6) is 0.286. The van der Waals surface area contributed by atoms with Gasteiger partial charge in [-0.05, 0) is 37.1 Å². The van der Waals surface area contributed by atoms with Crippen LogP contribution < -0.4 is 10.1 Å². The number of aliphatic hydroxyl groups excluding tert-OH is 1. The number of aryl methyl sites for hydroxylation is 1. The molecule has 0 aliphatic carbocycles. The highest BCUT2D eigenvalue weighted by molar-refractivity contribution is 5.92. The first-order chi connectivity index (χ1) is 8.12. The average molecular weight is 237 g/mol. The number of aliphatic hydroxyl groups is 1. The molecule has 0 aliphatic heterocycles. The molecule has 1 rings (SSSR count). The lowest BCUT2D eigenvalue weighted by molar-refractivity contribution is -0.121. The number of methoxy groups -OCH3 is 1. The predicted octanol–water partition coefficient (Wildman–Crippen LogP) is 1.96. The zero-order chi connectivity index (χ0) is 12.8. The standard InChI is InChI=1S/C13H19NO3/c1-4-10(8-15)13(16)14-11-5-6-12(17-3)9(2)7-11/h5-7,10,15H,4,8H2,1-3H3,(H,14,16). The van der Waals surface area contributed by atoms with E-state index >= 15 is 0 Å². The van der Waals surface area contributed by atoms with Crippen molar-refractivity contribution in [3.05, 3.63) is 23.8 Å². The van der Waals surface area contributed by atoms with Gasteiger partial charge in [0, 0.05) is 5.69 Å². The van der Waals surface area contributed by atoms with Gasteiger partial charge in [0.1, 0.15) is 5.75 Å². The third-order valence-electron chi connectivity index (χ3n) is 2.75. The van der Waals surface area contributed by atoms with Crippen LogP contribution in [0.25, 0.3) is 0 Å². The summed E-state index contributed by atoms with van der Waals surface area (Å²) in [7, 11) is 1.61. The molecule has 1 aromatic rings. The molecular formula is C13H19NO3. The Morgan fingerprint density at radius 3 is 2.71 bits per heavy atom. The van der Waals surface area contributed by atoms with E-state index in [4.69, 9.17) is 9.84 Å². The summed E-state index contributed by atoms with van der Waals surface area (Å²) in [6, 6.07) is 5.44. The Kier molecular flexibility index (Phi) is 4.97. The molecule has 0 saturated carbocycles. The van der Waals surface area contributed by atoms with Crippen molar-refractivity contribution >= 4 is 11.6 Å². The van der Waals surface area contributed by atoms with E-state index in [9.17, 15) is 4.79 Å². The molecule has 1 atom stereocenters. The Balaban J connectivity index is 2.75. The monoisotopic (exact) mass is 237 g/mol. The van der Waals surface area contributed by atoms with Crippen molar-refractivity contribution in [3.63, 3.8) is 0 Å². The fourth-order valence-corrected chi connectivity index (χ4v) is 1.60. The molecule has 1 unspecified atom stereocenters. The van der Waals surface area contributed by atoms with Crippen molar-refractivity contribution in [3.8, 4) is 5.75 Å². The number of hydrogen-bond acceptors (Lipinski definition) is 3. The van der Waals surface area contributed by atoms with Gasteiger partial charge in [-0.15, -0.1) is 0 Å². The number of nitrogens with one attached hydrogen (secondary N) is 1. The van der Waals surface area contributed by atoms with Crippen LogP contribution in [0.1, 0.15) is 18.9 Å². The third-order valence-corrected chi connectivity index (χ3v) is 2.75. The number of carbonyl (C=O) groups excluding carboxylic acids is 1. The number of benzene rings is 1. The van der Waals surface area contributed by atoms with Gasteiger partial charge in [-0.25, -0.2) is 0 Å². The highest BCUT2D eigenvalue weighted by atomic mass is 16.5. The highest BCUT2D eigenvalue weighted by Gasteiger charge is 2.15. The minimum absolute atomic E-state index is 0.128. The normalized spacial score (nSPS) is 12.0. The molecule has 0 heterocycles. The number of carbonyl (C=O) groups is 1. The van der Waals surface area contributed by atoms with E-state index in [1.165, 1.54) is 0 Å². The molecular weight excluding hydrogens is 218 g/mol. The largest absolute Gasteiger partial charge is 0.496 e. The van der Waals surface area contributed by atoms with E-state index in [-0.39, 0.29) is 18.4 Å². The Bertz CT molecular complexity index is 386. The third kappa shape index (κ3) is 3.46. The Labute approximate surface area is 102 Å². The molecule has 2 N–H and O–H groups in total. The second kappa shape index (κ2) is 6.25. The Morgan fingerprint density at radius 1 is 1.53 bits per heavy atom. The Morgan fingerprint density at radius 2 is 2.24 bits per heavy atom. The number of hydrogen-bond donors (Lipinski definition) is 2. The van der Waals surface area contributed by atoms with Crippen molar-refractivity contribution < 1.29 is 14.6 Å². The minimum atomic E-state index is -0.350. The maximum absolute atomic E-state index is 11.7. The molecule has 1 amide bonds. The van der Waals surface area contributed by atoms with Crippen molar-refractivity contribution in [2.24, 2.45) is 5.92 Å². The maximum Gasteiger partial charge on any atom is 0.229 e. The first-order valence-electron chi connectivity index (χ1n) is 5.68. The van der Waals surface area contributed by atoms with Crippen molar-refractivity contribution in [2.45, 2.75) is 20.3 Å². The summed E-state index contributed by atoms with van der Waals surface area (Å²) in [5, 5.41) is 11.8. The van der Waals surface area contributed by atoms with Gasteiger partial charge in [0.05, 0.1) is 19.6 Å². The molecule has 1 aromatic carbocycles. The summed E-state index contributed by atoms with van der Waals surface area (Å²) in [4.78, 5) is 11.7. The molecule has 17 heavy (non-hydrogen) atoms. The molecule has 0 bridgehead atoms. The molecule has 0 spiro atoms. The molecule has 0 aromatic heterocycles. The van der Waals surface area contributed by atoms with Gasteiger partial charge in [-0.3, -0.25) is 4.79 Å². The number of anilines is 1. The fourth-order valence-electron chi connectivity index (χ4n) is 1.60. The van der Waals surface area contributed by atoms with Crippen LogP contribution in [0.5, 0.6) is 5.75 Å². The van der Waals surface area contributed by atoms with Crippen LogP contribution in [0.4, 0.5) is 5.69 Å². The number of amides is 1. The molecule has 4 nitrogen and oxygen atoms in total. The lowest BCUT2D eigenvalue weighted by Gasteiger charge is -2.13. The minimum Gasteiger partial charge on any atom is -0.496 e.